The number of carbonyl (C=O) groups excluding carboxylic acids is 2. The average molecular weight is 477 g/mol. The Morgan fingerprint density at radius 3 is 2.52 bits per heavy atom. The molecule has 0 aromatic heterocycles. The number of aryl methyl sites for hydroxylation is 1. The third-order valence-electron chi connectivity index (χ3n) is 4.93. The normalized spacial score (nSPS) is 20.9. The van der Waals surface area contributed by atoms with Gasteiger partial charge in [0, 0.05) is 16.9 Å². The molecular formula is C23H25BrO4S. The molecule has 29 heavy (non-hydrogen) atoms. The fourth-order valence-corrected chi connectivity index (χ4v) is 4.40. The summed E-state index contributed by atoms with van der Waals surface area (Å²) in [5.74, 6) is 0.359. The molecule has 0 saturated carbocycles. The highest BCUT2D eigenvalue weighted by Gasteiger charge is 2.44. The summed E-state index contributed by atoms with van der Waals surface area (Å²) in [4.78, 5) is 24.9. The number of para-hydroxylation sites is 1. The summed E-state index contributed by atoms with van der Waals surface area (Å²) < 4.78 is 11.9. The third kappa shape index (κ3) is 5.04. The maximum absolute atomic E-state index is 12.8. The second kappa shape index (κ2) is 8.92. The van der Waals surface area contributed by atoms with Crippen LogP contribution in [-0.4, -0.2) is 27.3 Å². The predicted molar refractivity (Wildman–Crippen MR) is 120 cm³/mol. The molecule has 154 valence electrons. The van der Waals surface area contributed by atoms with Gasteiger partial charge in [0.25, 0.3) is 0 Å². The van der Waals surface area contributed by atoms with Crippen molar-refractivity contribution in [3.8, 4) is 5.75 Å². The molecule has 0 fully saturated rings. The van der Waals surface area contributed by atoms with E-state index in [1.807, 2.05) is 69.3 Å². The number of fused-ring (bicyclic) bond motifs is 1. The van der Waals surface area contributed by atoms with Gasteiger partial charge in [-0.2, -0.15) is 0 Å². The fraction of sp³-hybridized carbons (Fsp3) is 0.391. The van der Waals surface area contributed by atoms with Crippen molar-refractivity contribution in [2.24, 2.45) is 5.92 Å². The summed E-state index contributed by atoms with van der Waals surface area (Å²) >= 11 is 4.80. The summed E-state index contributed by atoms with van der Waals surface area (Å²) in [6.45, 7) is 7.69. The van der Waals surface area contributed by atoms with Crippen LogP contribution in [-0.2, 0) is 9.53 Å². The zero-order chi connectivity index (χ0) is 21.2. The quantitative estimate of drug-likeness (QED) is 0.407. The number of benzene rings is 2. The highest BCUT2D eigenvalue weighted by atomic mass is 79.9. The molecule has 1 heterocycles. The van der Waals surface area contributed by atoms with Crippen LogP contribution in [0.4, 0.5) is 0 Å². The molecule has 0 saturated heterocycles. The van der Waals surface area contributed by atoms with Gasteiger partial charge in [0.1, 0.15) is 17.5 Å². The molecule has 1 aliphatic rings. The molecule has 6 heteroatoms. The van der Waals surface area contributed by atoms with E-state index in [0.29, 0.717) is 11.3 Å². The summed E-state index contributed by atoms with van der Waals surface area (Å²) in [5, 5.41) is -0.0411. The number of thioether (sulfide) groups is 1. The number of hydrogen-bond acceptors (Lipinski definition) is 5. The van der Waals surface area contributed by atoms with Crippen molar-refractivity contribution < 1.29 is 19.1 Å². The number of hydrogen-bond donors (Lipinski definition) is 0. The zero-order valence-electron chi connectivity index (χ0n) is 17.0. The van der Waals surface area contributed by atoms with Crippen LogP contribution in [0.5, 0.6) is 5.75 Å². The molecule has 4 nitrogen and oxygen atoms in total. The number of carbonyl (C=O) groups is 2. The molecule has 0 amide bonds. The van der Waals surface area contributed by atoms with Crippen LogP contribution < -0.4 is 4.74 Å². The fourth-order valence-electron chi connectivity index (χ4n) is 3.08. The Balaban J connectivity index is 1.64. The summed E-state index contributed by atoms with van der Waals surface area (Å²) in [5.41, 5.74) is 2.06. The van der Waals surface area contributed by atoms with Gasteiger partial charge in [-0.25, -0.2) is 0 Å². The van der Waals surface area contributed by atoms with E-state index in [4.69, 9.17) is 9.47 Å². The summed E-state index contributed by atoms with van der Waals surface area (Å²) in [6.07, 6.45) is -0.456. The lowest BCUT2D eigenvalue weighted by atomic mass is 9.91. The van der Waals surface area contributed by atoms with Crippen LogP contribution >= 0.6 is 27.7 Å². The molecule has 0 bridgehead atoms. The first-order valence-electron chi connectivity index (χ1n) is 9.55. The van der Waals surface area contributed by atoms with Crippen LogP contribution in [0.15, 0.2) is 48.5 Å². The summed E-state index contributed by atoms with van der Waals surface area (Å²) in [6, 6.07) is 15.0. The van der Waals surface area contributed by atoms with Gasteiger partial charge >= 0.3 is 5.97 Å². The molecular weight excluding hydrogens is 452 g/mol. The van der Waals surface area contributed by atoms with Crippen LogP contribution in [0.2, 0.25) is 0 Å². The molecule has 1 aliphatic heterocycles. The van der Waals surface area contributed by atoms with Gasteiger partial charge in [-0.1, -0.05) is 82.6 Å². The number of rotatable bonds is 5. The van der Waals surface area contributed by atoms with E-state index in [9.17, 15) is 9.59 Å². The van der Waals surface area contributed by atoms with Crippen molar-refractivity contribution in [2.45, 2.75) is 44.2 Å². The third-order valence-corrected chi connectivity index (χ3v) is 7.67. The smallest absolute Gasteiger partial charge is 0.310 e. The van der Waals surface area contributed by atoms with Crippen LogP contribution in [0.25, 0.3) is 0 Å². The van der Waals surface area contributed by atoms with Crippen molar-refractivity contribution in [3.05, 3.63) is 65.2 Å². The molecule has 2 aromatic carbocycles. The molecule has 0 spiro atoms. The van der Waals surface area contributed by atoms with E-state index >= 15 is 0 Å². The number of halogens is 1. The lowest BCUT2D eigenvalue weighted by Crippen LogP contribution is -2.46. The lowest BCUT2D eigenvalue weighted by Gasteiger charge is -2.41. The Morgan fingerprint density at radius 2 is 1.83 bits per heavy atom. The minimum absolute atomic E-state index is 0.0411. The molecule has 3 atom stereocenters. The minimum Gasteiger partial charge on any atom is -0.486 e. The largest absolute Gasteiger partial charge is 0.486 e. The molecule has 0 unspecified atom stereocenters. The average Bonchev–Trinajstić information content (AvgIpc) is 2.69. The van der Waals surface area contributed by atoms with Crippen molar-refractivity contribution in [3.63, 3.8) is 0 Å². The predicted octanol–water partition coefficient (Wildman–Crippen LogP) is 5.72. The first-order valence-corrected chi connectivity index (χ1v) is 11.5. The maximum Gasteiger partial charge on any atom is 0.310 e. The van der Waals surface area contributed by atoms with E-state index in [1.165, 1.54) is 0 Å². The van der Waals surface area contributed by atoms with Gasteiger partial charge in [-0.15, -0.1) is 0 Å². The molecule has 0 aliphatic carbocycles. The van der Waals surface area contributed by atoms with Crippen molar-refractivity contribution in [1.29, 1.82) is 0 Å². The Morgan fingerprint density at radius 1 is 1.17 bits per heavy atom. The van der Waals surface area contributed by atoms with Gasteiger partial charge in [-0.3, -0.25) is 9.59 Å². The second-order valence-electron chi connectivity index (χ2n) is 7.87. The SMILES string of the molecule is Cc1ccc(C(=O)SC[C@@H](C)C(=O)O[C@H]2c3ccccc3OC(C)(C)[C@@H]2Br)cc1. The number of esters is 1. The topological polar surface area (TPSA) is 52.6 Å². The Bertz CT molecular complexity index is 894. The van der Waals surface area contributed by atoms with Crippen molar-refractivity contribution in [2.75, 3.05) is 5.75 Å². The van der Waals surface area contributed by atoms with E-state index in [0.717, 1.165) is 28.6 Å². The second-order valence-corrected chi connectivity index (χ2v) is 9.85. The van der Waals surface area contributed by atoms with E-state index in [2.05, 4.69) is 15.9 Å². The van der Waals surface area contributed by atoms with Gasteiger partial charge in [0.05, 0.1) is 10.7 Å². The highest BCUT2D eigenvalue weighted by molar-refractivity contribution is 9.09. The summed E-state index contributed by atoms with van der Waals surface area (Å²) in [7, 11) is 0. The monoisotopic (exact) mass is 476 g/mol. The van der Waals surface area contributed by atoms with Gasteiger partial charge < -0.3 is 9.47 Å². The Kier molecular flexibility index (Phi) is 6.74. The van der Waals surface area contributed by atoms with Crippen molar-refractivity contribution in [1.82, 2.24) is 0 Å². The molecule has 0 radical (unpaired) electrons. The van der Waals surface area contributed by atoms with Gasteiger partial charge in [0.15, 0.2) is 0 Å². The Labute approximate surface area is 184 Å². The number of ether oxygens (including phenoxy) is 2. The molecule has 2 aromatic rings. The van der Waals surface area contributed by atoms with E-state index < -0.39 is 17.6 Å². The minimum atomic E-state index is -0.529. The highest BCUT2D eigenvalue weighted by Crippen LogP contribution is 2.45. The van der Waals surface area contributed by atoms with E-state index in [1.54, 1.807) is 6.92 Å². The maximum atomic E-state index is 12.8. The zero-order valence-corrected chi connectivity index (χ0v) is 19.4. The van der Waals surface area contributed by atoms with Gasteiger partial charge in [0.2, 0.25) is 5.12 Å². The number of alkyl halides is 1. The van der Waals surface area contributed by atoms with Crippen LogP contribution in [0.1, 0.15) is 48.4 Å². The van der Waals surface area contributed by atoms with E-state index in [-0.39, 0.29) is 15.9 Å². The molecule has 0 N–H and O–H groups in total. The Hall–Kier alpha value is -1.79. The first kappa shape index (κ1) is 21.9. The van der Waals surface area contributed by atoms with Crippen LogP contribution in [0, 0.1) is 12.8 Å². The first-order chi connectivity index (χ1) is 13.7. The van der Waals surface area contributed by atoms with Crippen molar-refractivity contribution >= 4 is 38.8 Å². The molecule has 3 rings (SSSR count). The standard InChI is InChI=1S/C23H25BrO4S/c1-14-9-11-16(12-10-14)22(26)29-13-15(2)21(25)27-19-17-7-5-6-8-18(17)28-23(3,4)20(19)24/h5-12,15,19-20H,13H2,1-4H3/t15-,19+,20-/m1/s1. The van der Waals surface area contributed by atoms with Crippen LogP contribution in [0.3, 0.4) is 0 Å². The van der Waals surface area contributed by atoms with Gasteiger partial charge in [-0.05, 0) is 26.8 Å². The lowest BCUT2D eigenvalue weighted by molar-refractivity contribution is -0.155.